The minimum atomic E-state index is -0.433. The van der Waals surface area contributed by atoms with E-state index in [4.69, 9.17) is 4.74 Å². The zero-order valence-corrected chi connectivity index (χ0v) is 13.1. The van der Waals surface area contributed by atoms with E-state index in [1.54, 1.807) is 12.1 Å². The first-order valence-electron chi connectivity index (χ1n) is 8.46. The van der Waals surface area contributed by atoms with Crippen LogP contribution in [0.1, 0.15) is 44.1 Å². The van der Waals surface area contributed by atoms with E-state index >= 15 is 0 Å². The Hall–Kier alpha value is -1.91. The molecule has 1 aromatic carbocycles. The Morgan fingerprint density at radius 1 is 1.09 bits per heavy atom. The molecule has 0 saturated heterocycles. The van der Waals surface area contributed by atoms with Crippen LogP contribution < -0.4 is 0 Å². The maximum Gasteiger partial charge on any atom is 0.310 e. The SMILES string of the molecule is O=C(Cc1ccc([N+](=O)[O-])cc1)OC12CC3CC(CC(C3)C1)C2. The fourth-order valence-electron chi connectivity index (χ4n) is 5.34. The van der Waals surface area contributed by atoms with Gasteiger partial charge in [-0.1, -0.05) is 12.1 Å². The molecule has 4 saturated carbocycles. The molecule has 122 valence electrons. The number of carbonyl (C=O) groups excluding carboxylic acids is 1. The molecular formula is C18H21NO4. The number of nitro groups is 1. The average molecular weight is 315 g/mol. The van der Waals surface area contributed by atoms with Gasteiger partial charge in [0.25, 0.3) is 5.69 Å². The summed E-state index contributed by atoms with van der Waals surface area (Å²) in [6, 6.07) is 6.15. The molecule has 0 heterocycles. The number of hydrogen-bond acceptors (Lipinski definition) is 4. The molecule has 0 unspecified atom stereocenters. The van der Waals surface area contributed by atoms with Crippen molar-refractivity contribution in [1.82, 2.24) is 0 Å². The van der Waals surface area contributed by atoms with Crippen molar-refractivity contribution in [1.29, 1.82) is 0 Å². The van der Waals surface area contributed by atoms with Gasteiger partial charge in [-0.2, -0.15) is 0 Å². The molecule has 1 aromatic rings. The molecule has 0 amide bonds. The minimum Gasteiger partial charge on any atom is -0.459 e. The van der Waals surface area contributed by atoms with Crippen LogP contribution in [0, 0.1) is 27.9 Å². The van der Waals surface area contributed by atoms with Gasteiger partial charge in [-0.15, -0.1) is 0 Å². The van der Waals surface area contributed by atoms with Crippen LogP contribution in [0.2, 0.25) is 0 Å². The molecular weight excluding hydrogens is 294 g/mol. The van der Waals surface area contributed by atoms with Gasteiger partial charge in [-0.05, 0) is 61.8 Å². The lowest BCUT2D eigenvalue weighted by Crippen LogP contribution is -2.52. The van der Waals surface area contributed by atoms with E-state index in [1.165, 1.54) is 31.4 Å². The van der Waals surface area contributed by atoms with Crippen LogP contribution in [0.25, 0.3) is 0 Å². The standard InChI is InChI=1S/C18H21NO4/c20-17(8-12-1-3-16(4-2-12)19(21)22)23-18-9-13-5-14(10-18)7-15(6-13)11-18/h1-4,13-15H,5-11H2. The minimum absolute atomic E-state index is 0.0446. The summed E-state index contributed by atoms with van der Waals surface area (Å²) < 4.78 is 5.96. The van der Waals surface area contributed by atoms with Gasteiger partial charge >= 0.3 is 5.97 Å². The quantitative estimate of drug-likeness (QED) is 0.483. The molecule has 4 fully saturated rings. The highest BCUT2D eigenvalue weighted by Crippen LogP contribution is 2.57. The number of carbonyl (C=O) groups is 1. The first-order valence-corrected chi connectivity index (χ1v) is 8.46. The van der Waals surface area contributed by atoms with Crippen molar-refractivity contribution in [2.24, 2.45) is 17.8 Å². The van der Waals surface area contributed by atoms with Gasteiger partial charge in [0.1, 0.15) is 5.60 Å². The van der Waals surface area contributed by atoms with Crippen LogP contribution in [0.4, 0.5) is 5.69 Å². The topological polar surface area (TPSA) is 69.4 Å². The lowest BCUT2D eigenvalue weighted by Gasteiger charge is -2.55. The zero-order chi connectivity index (χ0) is 16.0. The third-order valence-electron chi connectivity index (χ3n) is 5.81. The van der Waals surface area contributed by atoms with Gasteiger partial charge in [-0.25, -0.2) is 0 Å². The second kappa shape index (κ2) is 5.32. The predicted molar refractivity (Wildman–Crippen MR) is 83.8 cm³/mol. The number of esters is 1. The summed E-state index contributed by atoms with van der Waals surface area (Å²) in [6.45, 7) is 0. The van der Waals surface area contributed by atoms with Crippen molar-refractivity contribution in [2.75, 3.05) is 0 Å². The Morgan fingerprint density at radius 3 is 2.09 bits per heavy atom. The van der Waals surface area contributed by atoms with E-state index < -0.39 is 4.92 Å². The third kappa shape index (κ3) is 2.84. The van der Waals surface area contributed by atoms with Crippen LogP contribution in [0.15, 0.2) is 24.3 Å². The maximum absolute atomic E-state index is 12.4. The van der Waals surface area contributed by atoms with Crippen molar-refractivity contribution in [3.8, 4) is 0 Å². The summed E-state index contributed by atoms with van der Waals surface area (Å²) in [5, 5.41) is 10.7. The van der Waals surface area contributed by atoms with Gasteiger partial charge in [0.2, 0.25) is 0 Å². The molecule has 5 nitrogen and oxygen atoms in total. The summed E-state index contributed by atoms with van der Waals surface area (Å²) in [7, 11) is 0. The Balaban J connectivity index is 1.41. The second-order valence-electron chi connectivity index (χ2n) is 7.67. The summed E-state index contributed by atoms with van der Waals surface area (Å²) in [4.78, 5) is 22.6. The molecule has 4 bridgehead atoms. The average Bonchev–Trinajstić information content (AvgIpc) is 2.45. The fourth-order valence-corrected chi connectivity index (χ4v) is 5.34. The fraction of sp³-hybridized carbons (Fsp3) is 0.611. The summed E-state index contributed by atoms with van der Waals surface area (Å²) in [5.41, 5.74) is 0.598. The maximum atomic E-state index is 12.4. The van der Waals surface area contributed by atoms with Crippen LogP contribution in [-0.2, 0) is 16.0 Å². The largest absolute Gasteiger partial charge is 0.459 e. The van der Waals surface area contributed by atoms with E-state index in [0.29, 0.717) is 0 Å². The van der Waals surface area contributed by atoms with Crippen molar-refractivity contribution < 1.29 is 14.5 Å². The van der Waals surface area contributed by atoms with Gasteiger partial charge < -0.3 is 4.74 Å². The van der Waals surface area contributed by atoms with E-state index in [9.17, 15) is 14.9 Å². The van der Waals surface area contributed by atoms with Gasteiger partial charge in [0.05, 0.1) is 11.3 Å². The van der Waals surface area contributed by atoms with Gasteiger partial charge in [0.15, 0.2) is 0 Å². The molecule has 0 N–H and O–H groups in total. The molecule has 0 atom stereocenters. The molecule has 5 rings (SSSR count). The Morgan fingerprint density at radius 2 is 1.61 bits per heavy atom. The van der Waals surface area contributed by atoms with E-state index in [1.807, 2.05) is 0 Å². The molecule has 0 aliphatic heterocycles. The molecule has 4 aliphatic rings. The van der Waals surface area contributed by atoms with Crippen LogP contribution in [0.5, 0.6) is 0 Å². The molecule has 4 aliphatic carbocycles. The summed E-state index contributed by atoms with van der Waals surface area (Å²) >= 11 is 0. The zero-order valence-electron chi connectivity index (χ0n) is 13.1. The van der Waals surface area contributed by atoms with Gasteiger partial charge in [0, 0.05) is 12.1 Å². The Kier molecular flexibility index (Phi) is 3.39. The van der Waals surface area contributed by atoms with Crippen molar-refractivity contribution in [3.63, 3.8) is 0 Å². The number of rotatable bonds is 4. The first-order chi connectivity index (χ1) is 11.0. The molecule has 23 heavy (non-hydrogen) atoms. The molecule has 0 aromatic heterocycles. The van der Waals surface area contributed by atoms with Crippen LogP contribution in [0.3, 0.4) is 0 Å². The number of ether oxygens (including phenoxy) is 1. The van der Waals surface area contributed by atoms with Crippen molar-refractivity contribution in [2.45, 2.75) is 50.5 Å². The summed E-state index contributed by atoms with van der Waals surface area (Å²) in [6.07, 6.45) is 7.25. The van der Waals surface area contributed by atoms with Crippen molar-refractivity contribution in [3.05, 3.63) is 39.9 Å². The van der Waals surface area contributed by atoms with E-state index in [2.05, 4.69) is 0 Å². The summed E-state index contributed by atoms with van der Waals surface area (Å²) in [5.74, 6) is 2.04. The van der Waals surface area contributed by atoms with Crippen LogP contribution in [-0.4, -0.2) is 16.5 Å². The van der Waals surface area contributed by atoms with E-state index in [-0.39, 0.29) is 23.7 Å². The normalized spacial score (nSPS) is 34.3. The smallest absolute Gasteiger partial charge is 0.310 e. The number of nitro benzene ring substituents is 1. The van der Waals surface area contributed by atoms with Gasteiger partial charge in [-0.3, -0.25) is 14.9 Å². The number of benzene rings is 1. The molecule has 0 spiro atoms. The Labute approximate surface area is 135 Å². The third-order valence-corrected chi connectivity index (χ3v) is 5.81. The molecule has 5 heteroatoms. The van der Waals surface area contributed by atoms with E-state index in [0.717, 1.165) is 42.6 Å². The second-order valence-corrected chi connectivity index (χ2v) is 7.67. The van der Waals surface area contributed by atoms with Crippen molar-refractivity contribution >= 4 is 11.7 Å². The number of non-ortho nitro benzene ring substituents is 1. The highest BCUT2D eigenvalue weighted by molar-refractivity contribution is 5.73. The lowest BCUT2D eigenvalue weighted by molar-refractivity contribution is -0.384. The first kappa shape index (κ1) is 14.7. The van der Waals surface area contributed by atoms with Crippen LogP contribution >= 0.6 is 0 Å². The lowest BCUT2D eigenvalue weighted by atomic mass is 9.54. The monoisotopic (exact) mass is 315 g/mol. The number of nitrogens with zero attached hydrogens (tertiary/aromatic N) is 1. The number of hydrogen-bond donors (Lipinski definition) is 0. The Bertz CT molecular complexity index is 602. The molecule has 0 radical (unpaired) electrons. The highest BCUT2D eigenvalue weighted by atomic mass is 16.6. The predicted octanol–water partition coefficient (Wildman–Crippen LogP) is 3.65. The highest BCUT2D eigenvalue weighted by Gasteiger charge is 2.53.